The summed E-state index contributed by atoms with van der Waals surface area (Å²) in [5, 5.41) is 10.7. The molecule has 0 unspecified atom stereocenters. The Hall–Kier alpha value is -0.370. The van der Waals surface area contributed by atoms with Gasteiger partial charge in [0.15, 0.2) is 0 Å². The monoisotopic (exact) mass is 304 g/mol. The number of fused-ring (bicyclic) bond motifs is 2. The maximum Gasteiger partial charge on any atom is 0.134 e. The Kier molecular flexibility index (Phi) is 2.88. The van der Waals surface area contributed by atoms with Crippen molar-refractivity contribution in [2.75, 3.05) is 0 Å². The standard InChI is InChI=1S/C20H32O2/c1-17(2)10-14(21)11-19(4)15(17)6-5-13-9-16(22)18(3)7-8-20(13,19)12-18/h13,15-16,22H,5-12H2,1-4H3/t13-,15-,16-,18+,19-,20+/m0/s1. The van der Waals surface area contributed by atoms with Gasteiger partial charge in [-0.3, -0.25) is 4.79 Å². The molecule has 0 saturated heterocycles. The van der Waals surface area contributed by atoms with Crippen LogP contribution >= 0.6 is 0 Å². The molecule has 0 aromatic rings. The zero-order valence-corrected chi connectivity index (χ0v) is 14.7. The topological polar surface area (TPSA) is 37.3 Å². The number of rotatable bonds is 0. The molecule has 2 heteroatoms. The van der Waals surface area contributed by atoms with Crippen LogP contribution in [-0.2, 0) is 4.79 Å². The zero-order valence-electron chi connectivity index (χ0n) is 14.7. The molecule has 2 bridgehead atoms. The molecule has 2 nitrogen and oxygen atoms in total. The highest BCUT2D eigenvalue weighted by molar-refractivity contribution is 5.81. The van der Waals surface area contributed by atoms with Crippen LogP contribution in [0.3, 0.4) is 0 Å². The van der Waals surface area contributed by atoms with Gasteiger partial charge in [-0.2, -0.15) is 0 Å². The number of aliphatic hydroxyl groups is 1. The molecular formula is C20H32O2. The third-order valence-corrected chi connectivity index (χ3v) is 8.83. The number of ketones is 1. The summed E-state index contributed by atoms with van der Waals surface area (Å²) >= 11 is 0. The van der Waals surface area contributed by atoms with Crippen LogP contribution in [0.2, 0.25) is 0 Å². The molecule has 0 aromatic heterocycles. The van der Waals surface area contributed by atoms with Crippen LogP contribution < -0.4 is 0 Å². The Morgan fingerprint density at radius 3 is 2.50 bits per heavy atom. The van der Waals surface area contributed by atoms with E-state index >= 15 is 0 Å². The minimum absolute atomic E-state index is 0.103. The van der Waals surface area contributed by atoms with Crippen LogP contribution in [0.5, 0.6) is 0 Å². The maximum atomic E-state index is 12.6. The van der Waals surface area contributed by atoms with Gasteiger partial charge in [-0.15, -0.1) is 0 Å². The van der Waals surface area contributed by atoms with Gasteiger partial charge in [-0.25, -0.2) is 0 Å². The molecule has 0 amide bonds. The summed E-state index contributed by atoms with van der Waals surface area (Å²) < 4.78 is 0. The summed E-state index contributed by atoms with van der Waals surface area (Å²) in [6.07, 6.45) is 8.49. The Labute approximate surface area is 135 Å². The number of carbonyl (C=O) groups excluding carboxylic acids is 1. The number of hydrogen-bond acceptors (Lipinski definition) is 2. The fraction of sp³-hybridized carbons (Fsp3) is 0.950. The van der Waals surface area contributed by atoms with Crippen molar-refractivity contribution in [2.24, 2.45) is 33.5 Å². The highest BCUT2D eigenvalue weighted by atomic mass is 16.3. The first-order valence-electron chi connectivity index (χ1n) is 9.33. The maximum absolute atomic E-state index is 12.6. The van der Waals surface area contributed by atoms with E-state index in [0.29, 0.717) is 23.0 Å². The summed E-state index contributed by atoms with van der Waals surface area (Å²) in [5.74, 6) is 1.80. The first-order chi connectivity index (χ1) is 10.1. The Morgan fingerprint density at radius 1 is 1.05 bits per heavy atom. The van der Waals surface area contributed by atoms with Gasteiger partial charge in [0, 0.05) is 12.8 Å². The zero-order chi connectivity index (χ0) is 16.0. The highest BCUT2D eigenvalue weighted by Crippen LogP contribution is 2.75. The van der Waals surface area contributed by atoms with E-state index in [-0.39, 0.29) is 22.3 Å². The minimum Gasteiger partial charge on any atom is -0.393 e. The van der Waals surface area contributed by atoms with E-state index in [9.17, 15) is 9.90 Å². The van der Waals surface area contributed by atoms with Gasteiger partial charge in [0.2, 0.25) is 0 Å². The van der Waals surface area contributed by atoms with Crippen LogP contribution in [0.4, 0.5) is 0 Å². The molecule has 4 rings (SSSR count). The summed E-state index contributed by atoms with van der Waals surface area (Å²) in [6.45, 7) is 9.41. The van der Waals surface area contributed by atoms with E-state index in [2.05, 4.69) is 27.7 Å². The van der Waals surface area contributed by atoms with E-state index in [1.54, 1.807) is 0 Å². The van der Waals surface area contributed by atoms with Gasteiger partial charge in [0.25, 0.3) is 0 Å². The van der Waals surface area contributed by atoms with Crippen LogP contribution in [0.1, 0.15) is 79.1 Å². The predicted molar refractivity (Wildman–Crippen MR) is 87.4 cm³/mol. The quantitative estimate of drug-likeness (QED) is 0.722. The SMILES string of the molecule is CC1(C)CC(=O)C[C@@]2(C)[C@H]1CC[C@H]1C[C@H](O)[C@]3(C)CC[C@@]12C3. The summed E-state index contributed by atoms with van der Waals surface area (Å²) in [6, 6.07) is 0. The van der Waals surface area contributed by atoms with Crippen molar-refractivity contribution in [3.63, 3.8) is 0 Å². The second-order valence-electron chi connectivity index (χ2n) is 10.4. The van der Waals surface area contributed by atoms with Crippen LogP contribution in [0, 0.1) is 33.5 Å². The first kappa shape index (κ1) is 15.2. The first-order valence-corrected chi connectivity index (χ1v) is 9.33. The largest absolute Gasteiger partial charge is 0.393 e. The van der Waals surface area contributed by atoms with E-state index in [4.69, 9.17) is 0 Å². The van der Waals surface area contributed by atoms with Crippen molar-refractivity contribution in [2.45, 2.75) is 85.2 Å². The van der Waals surface area contributed by atoms with Crippen molar-refractivity contribution in [3.05, 3.63) is 0 Å². The molecule has 4 aliphatic rings. The van der Waals surface area contributed by atoms with Gasteiger partial charge in [-0.1, -0.05) is 27.7 Å². The second-order valence-corrected chi connectivity index (χ2v) is 10.4. The van der Waals surface area contributed by atoms with Gasteiger partial charge < -0.3 is 5.11 Å². The van der Waals surface area contributed by atoms with Crippen LogP contribution in [-0.4, -0.2) is 17.0 Å². The summed E-state index contributed by atoms with van der Waals surface area (Å²) in [7, 11) is 0. The van der Waals surface area contributed by atoms with Gasteiger partial charge >= 0.3 is 0 Å². The summed E-state index contributed by atoms with van der Waals surface area (Å²) in [5.41, 5.74) is 0.731. The molecule has 4 fully saturated rings. The van der Waals surface area contributed by atoms with Crippen LogP contribution in [0.25, 0.3) is 0 Å². The molecule has 1 N–H and O–H groups in total. The average molecular weight is 304 g/mol. The predicted octanol–water partition coefficient (Wildman–Crippen LogP) is 4.35. The summed E-state index contributed by atoms with van der Waals surface area (Å²) in [4.78, 5) is 12.6. The van der Waals surface area contributed by atoms with Crippen molar-refractivity contribution in [1.82, 2.24) is 0 Å². The lowest BCUT2D eigenvalue weighted by Crippen LogP contribution is -2.61. The highest BCUT2D eigenvalue weighted by Gasteiger charge is 2.69. The van der Waals surface area contributed by atoms with Crippen molar-refractivity contribution < 1.29 is 9.90 Å². The molecular weight excluding hydrogens is 272 g/mol. The molecule has 4 aliphatic carbocycles. The van der Waals surface area contributed by atoms with E-state index in [1.165, 1.54) is 19.3 Å². The fourth-order valence-corrected chi connectivity index (χ4v) is 7.86. The third kappa shape index (κ3) is 1.63. The van der Waals surface area contributed by atoms with E-state index in [1.807, 2.05) is 0 Å². The van der Waals surface area contributed by atoms with Gasteiger partial charge in [-0.05, 0) is 72.0 Å². The Bertz CT molecular complexity index is 524. The average Bonchev–Trinajstić information content (AvgIpc) is 2.69. The number of carbonyl (C=O) groups is 1. The molecule has 6 atom stereocenters. The molecule has 0 radical (unpaired) electrons. The smallest absolute Gasteiger partial charge is 0.134 e. The van der Waals surface area contributed by atoms with Crippen molar-refractivity contribution in [1.29, 1.82) is 0 Å². The van der Waals surface area contributed by atoms with E-state index < -0.39 is 0 Å². The van der Waals surface area contributed by atoms with E-state index in [0.717, 1.165) is 32.1 Å². The van der Waals surface area contributed by atoms with Gasteiger partial charge in [0.05, 0.1) is 6.10 Å². The molecule has 124 valence electrons. The molecule has 22 heavy (non-hydrogen) atoms. The number of hydrogen-bond donors (Lipinski definition) is 1. The fourth-order valence-electron chi connectivity index (χ4n) is 7.86. The lowest BCUT2D eigenvalue weighted by Gasteiger charge is -2.66. The third-order valence-electron chi connectivity index (χ3n) is 8.83. The van der Waals surface area contributed by atoms with Gasteiger partial charge in [0.1, 0.15) is 5.78 Å². The molecule has 0 aliphatic heterocycles. The van der Waals surface area contributed by atoms with Crippen molar-refractivity contribution in [3.8, 4) is 0 Å². The second kappa shape index (κ2) is 4.18. The normalized spacial score (nSPS) is 56.4. The van der Waals surface area contributed by atoms with Crippen LogP contribution in [0.15, 0.2) is 0 Å². The lowest BCUT2D eigenvalue weighted by molar-refractivity contribution is -0.190. The number of aliphatic hydroxyl groups excluding tert-OH is 1. The molecule has 0 heterocycles. The Balaban J connectivity index is 1.82. The lowest BCUT2D eigenvalue weighted by atomic mass is 9.38. The van der Waals surface area contributed by atoms with Crippen molar-refractivity contribution >= 4 is 5.78 Å². The minimum atomic E-state index is -0.124. The molecule has 0 aromatic carbocycles. The Morgan fingerprint density at radius 2 is 1.77 bits per heavy atom. The molecule has 4 saturated carbocycles. The number of Topliss-reactive ketones (excluding diaryl/α,β-unsaturated/α-hetero) is 1. The molecule has 1 spiro atoms.